The average Bonchev–Trinajstić information content (AvgIpc) is 2.40. The number of morpholine rings is 1. The maximum atomic E-state index is 12.4. The van der Waals surface area contributed by atoms with Gasteiger partial charge in [-0.1, -0.05) is 6.42 Å². The van der Waals surface area contributed by atoms with E-state index >= 15 is 0 Å². The van der Waals surface area contributed by atoms with Gasteiger partial charge in [0.05, 0.1) is 31.9 Å². The number of likely N-dealkylation sites (tertiary alicyclic amines) is 1. The minimum Gasteiger partial charge on any atom is -0.378 e. The highest BCUT2D eigenvalue weighted by Crippen LogP contribution is 2.19. The summed E-state index contributed by atoms with van der Waals surface area (Å²) in [4.78, 5) is 16.3. The molecule has 0 unspecified atom stereocenters. The van der Waals surface area contributed by atoms with Gasteiger partial charge in [-0.05, 0) is 19.4 Å². The first-order chi connectivity index (χ1) is 8.33. The van der Waals surface area contributed by atoms with Gasteiger partial charge in [0.2, 0.25) is 5.91 Å². The van der Waals surface area contributed by atoms with Crippen molar-refractivity contribution in [1.29, 1.82) is 5.26 Å². The monoisotopic (exact) mass is 237 g/mol. The minimum absolute atomic E-state index is 0.0819. The summed E-state index contributed by atoms with van der Waals surface area (Å²) < 4.78 is 5.25. The Morgan fingerprint density at radius 1 is 1.29 bits per heavy atom. The normalized spacial score (nSPS) is 26.5. The molecule has 0 radical (unpaired) electrons. The minimum atomic E-state index is -0.0819. The number of carbonyl (C=O) groups excluding carboxylic acids is 1. The van der Waals surface area contributed by atoms with Crippen molar-refractivity contribution < 1.29 is 9.53 Å². The number of hydrogen-bond acceptors (Lipinski definition) is 4. The molecular weight excluding hydrogens is 218 g/mol. The molecule has 2 aliphatic heterocycles. The van der Waals surface area contributed by atoms with Crippen molar-refractivity contribution in [2.75, 3.05) is 39.4 Å². The van der Waals surface area contributed by atoms with Crippen molar-refractivity contribution >= 4 is 5.91 Å². The number of piperidine rings is 1. The number of ether oxygens (including phenoxy) is 1. The summed E-state index contributed by atoms with van der Waals surface area (Å²) in [5.74, 6) is 0.184. The molecule has 1 amide bonds. The molecule has 94 valence electrons. The van der Waals surface area contributed by atoms with E-state index in [-0.39, 0.29) is 11.9 Å². The lowest BCUT2D eigenvalue weighted by Gasteiger charge is -2.37. The first kappa shape index (κ1) is 12.3. The number of carbonyl (C=O) groups is 1. The van der Waals surface area contributed by atoms with Gasteiger partial charge in [-0.3, -0.25) is 9.69 Å². The van der Waals surface area contributed by atoms with Crippen LogP contribution in [0.4, 0.5) is 0 Å². The molecule has 2 fully saturated rings. The maximum absolute atomic E-state index is 12.4. The summed E-state index contributed by atoms with van der Waals surface area (Å²) in [7, 11) is 0. The van der Waals surface area contributed by atoms with E-state index in [0.29, 0.717) is 32.8 Å². The van der Waals surface area contributed by atoms with E-state index in [2.05, 4.69) is 6.07 Å². The van der Waals surface area contributed by atoms with Crippen LogP contribution in [0.15, 0.2) is 0 Å². The Hall–Kier alpha value is -1.12. The van der Waals surface area contributed by atoms with Crippen LogP contribution in [-0.2, 0) is 9.53 Å². The molecule has 1 atom stereocenters. The van der Waals surface area contributed by atoms with E-state index in [1.54, 1.807) is 0 Å². The highest BCUT2D eigenvalue weighted by Gasteiger charge is 2.32. The second-order valence-corrected chi connectivity index (χ2v) is 4.58. The molecule has 2 saturated heterocycles. The van der Waals surface area contributed by atoms with Gasteiger partial charge in [0.25, 0.3) is 0 Å². The van der Waals surface area contributed by atoms with Crippen LogP contribution in [0, 0.1) is 11.3 Å². The SMILES string of the molecule is N#CCN1CCCC[C@H]1C(=O)N1CCOCC1. The number of hydrogen-bond donors (Lipinski definition) is 0. The Labute approximate surface area is 102 Å². The largest absolute Gasteiger partial charge is 0.378 e. The first-order valence-corrected chi connectivity index (χ1v) is 6.30. The predicted molar refractivity (Wildman–Crippen MR) is 62.2 cm³/mol. The van der Waals surface area contributed by atoms with Crippen molar-refractivity contribution in [2.45, 2.75) is 25.3 Å². The van der Waals surface area contributed by atoms with E-state index in [9.17, 15) is 4.79 Å². The van der Waals surface area contributed by atoms with Crippen molar-refractivity contribution in [3.05, 3.63) is 0 Å². The van der Waals surface area contributed by atoms with Crippen LogP contribution < -0.4 is 0 Å². The molecule has 2 heterocycles. The summed E-state index contributed by atoms with van der Waals surface area (Å²) in [6.07, 6.45) is 3.06. The molecule has 0 aromatic heterocycles. The Bertz CT molecular complexity index is 307. The van der Waals surface area contributed by atoms with Crippen LogP contribution in [-0.4, -0.2) is 61.1 Å². The van der Waals surface area contributed by atoms with Gasteiger partial charge in [-0.25, -0.2) is 0 Å². The third-order valence-corrected chi connectivity index (χ3v) is 3.50. The summed E-state index contributed by atoms with van der Waals surface area (Å²) in [5.41, 5.74) is 0. The van der Waals surface area contributed by atoms with Gasteiger partial charge in [0, 0.05) is 13.1 Å². The zero-order valence-electron chi connectivity index (χ0n) is 10.1. The van der Waals surface area contributed by atoms with E-state index in [1.807, 2.05) is 9.80 Å². The van der Waals surface area contributed by atoms with Gasteiger partial charge in [-0.2, -0.15) is 5.26 Å². The van der Waals surface area contributed by atoms with Crippen LogP contribution in [0.3, 0.4) is 0 Å². The zero-order valence-corrected chi connectivity index (χ0v) is 10.1. The lowest BCUT2D eigenvalue weighted by molar-refractivity contribution is -0.142. The van der Waals surface area contributed by atoms with Gasteiger partial charge >= 0.3 is 0 Å². The van der Waals surface area contributed by atoms with Crippen LogP contribution >= 0.6 is 0 Å². The molecule has 17 heavy (non-hydrogen) atoms. The topological polar surface area (TPSA) is 56.6 Å². The van der Waals surface area contributed by atoms with Crippen LogP contribution in [0.5, 0.6) is 0 Å². The van der Waals surface area contributed by atoms with E-state index in [1.165, 1.54) is 0 Å². The van der Waals surface area contributed by atoms with Crippen molar-refractivity contribution in [1.82, 2.24) is 9.80 Å². The van der Waals surface area contributed by atoms with Crippen LogP contribution in [0.2, 0.25) is 0 Å². The van der Waals surface area contributed by atoms with Gasteiger partial charge < -0.3 is 9.64 Å². The van der Waals surface area contributed by atoms with Crippen molar-refractivity contribution in [3.8, 4) is 6.07 Å². The Kier molecular flexibility index (Phi) is 4.35. The molecular formula is C12H19N3O2. The first-order valence-electron chi connectivity index (χ1n) is 6.30. The molecule has 0 aromatic rings. The summed E-state index contributed by atoms with van der Waals surface area (Å²) in [6, 6.07) is 2.07. The van der Waals surface area contributed by atoms with Gasteiger partial charge in [0.15, 0.2) is 0 Å². The van der Waals surface area contributed by atoms with Crippen LogP contribution in [0.25, 0.3) is 0 Å². The third kappa shape index (κ3) is 2.96. The molecule has 0 aliphatic carbocycles. The lowest BCUT2D eigenvalue weighted by Crippen LogP contribution is -2.53. The molecule has 0 saturated carbocycles. The second kappa shape index (κ2) is 5.99. The highest BCUT2D eigenvalue weighted by atomic mass is 16.5. The van der Waals surface area contributed by atoms with E-state index < -0.39 is 0 Å². The molecule has 0 spiro atoms. The number of rotatable bonds is 2. The molecule has 0 bridgehead atoms. The fourth-order valence-corrected chi connectivity index (χ4v) is 2.55. The standard InChI is InChI=1S/C12H19N3O2/c13-4-6-14-5-2-1-3-11(14)12(16)15-7-9-17-10-8-15/h11H,1-3,5-10H2/t11-/m0/s1. The van der Waals surface area contributed by atoms with Gasteiger partial charge in [0.1, 0.15) is 0 Å². The van der Waals surface area contributed by atoms with Crippen LogP contribution in [0.1, 0.15) is 19.3 Å². The Morgan fingerprint density at radius 3 is 2.76 bits per heavy atom. The average molecular weight is 237 g/mol. The summed E-state index contributed by atoms with van der Waals surface area (Å²) in [6.45, 7) is 3.88. The molecule has 5 nitrogen and oxygen atoms in total. The Morgan fingerprint density at radius 2 is 2.06 bits per heavy atom. The lowest BCUT2D eigenvalue weighted by atomic mass is 10.0. The third-order valence-electron chi connectivity index (χ3n) is 3.50. The van der Waals surface area contributed by atoms with E-state index in [0.717, 1.165) is 25.8 Å². The van der Waals surface area contributed by atoms with Crippen molar-refractivity contribution in [3.63, 3.8) is 0 Å². The maximum Gasteiger partial charge on any atom is 0.240 e. The second-order valence-electron chi connectivity index (χ2n) is 4.58. The quantitative estimate of drug-likeness (QED) is 0.645. The molecule has 5 heteroatoms. The molecule has 2 aliphatic rings. The molecule has 0 N–H and O–H groups in total. The highest BCUT2D eigenvalue weighted by molar-refractivity contribution is 5.82. The van der Waals surface area contributed by atoms with Gasteiger partial charge in [-0.15, -0.1) is 0 Å². The van der Waals surface area contributed by atoms with Crippen molar-refractivity contribution in [2.24, 2.45) is 0 Å². The fourth-order valence-electron chi connectivity index (χ4n) is 2.55. The van der Waals surface area contributed by atoms with E-state index in [4.69, 9.17) is 10.00 Å². The fraction of sp³-hybridized carbons (Fsp3) is 0.833. The summed E-state index contributed by atoms with van der Waals surface area (Å²) in [5, 5.41) is 8.79. The number of amides is 1. The predicted octanol–water partition coefficient (Wildman–Crippen LogP) is 0.223. The molecule has 0 aromatic carbocycles. The smallest absolute Gasteiger partial charge is 0.240 e. The molecule has 2 rings (SSSR count). The Balaban J connectivity index is 1.97. The number of nitrogens with zero attached hydrogens (tertiary/aromatic N) is 3. The summed E-state index contributed by atoms with van der Waals surface area (Å²) >= 11 is 0. The number of nitriles is 1. The zero-order chi connectivity index (χ0) is 12.1.